The van der Waals surface area contributed by atoms with E-state index in [1.54, 1.807) is 24.3 Å². The van der Waals surface area contributed by atoms with Gasteiger partial charge in [-0.25, -0.2) is 13.2 Å². The van der Waals surface area contributed by atoms with Gasteiger partial charge in [-0.3, -0.25) is 9.59 Å². The van der Waals surface area contributed by atoms with E-state index >= 15 is 0 Å². The van der Waals surface area contributed by atoms with Crippen molar-refractivity contribution < 1.29 is 22.8 Å². The van der Waals surface area contributed by atoms with Gasteiger partial charge in [-0.05, 0) is 40.2 Å². The fraction of sp³-hybridized carbons (Fsp3) is 0.125. The van der Waals surface area contributed by atoms with Crippen molar-refractivity contribution in [1.29, 1.82) is 0 Å². The average Bonchev–Trinajstić information content (AvgIpc) is 2.55. The average molecular weight is 401 g/mol. The summed E-state index contributed by atoms with van der Waals surface area (Å²) in [7, 11) is 1.39. The molecule has 0 atom stereocenters. The van der Waals surface area contributed by atoms with Gasteiger partial charge in [0.15, 0.2) is 17.5 Å². The molecular formula is C16H12BrF3N2O2. The van der Waals surface area contributed by atoms with Gasteiger partial charge in [0, 0.05) is 11.5 Å². The molecule has 126 valence electrons. The van der Waals surface area contributed by atoms with E-state index in [9.17, 15) is 22.8 Å². The van der Waals surface area contributed by atoms with Crippen LogP contribution in [0, 0.1) is 17.5 Å². The number of carbonyl (C=O) groups is 2. The number of likely N-dealkylation sites (N-methyl/N-ethyl adjacent to an activating group) is 1. The van der Waals surface area contributed by atoms with Crippen LogP contribution in [0.1, 0.15) is 10.4 Å². The maximum absolute atomic E-state index is 13.5. The van der Waals surface area contributed by atoms with Gasteiger partial charge in [-0.15, -0.1) is 0 Å². The van der Waals surface area contributed by atoms with Crippen LogP contribution in [0.25, 0.3) is 0 Å². The topological polar surface area (TPSA) is 49.4 Å². The third-order valence-electron chi connectivity index (χ3n) is 3.14. The minimum atomic E-state index is -1.68. The normalized spacial score (nSPS) is 10.4. The van der Waals surface area contributed by atoms with Crippen LogP contribution < -0.4 is 5.32 Å². The highest BCUT2D eigenvalue weighted by Gasteiger charge is 2.19. The Balaban J connectivity index is 2.06. The second-order valence-corrected chi connectivity index (χ2v) is 5.77. The summed E-state index contributed by atoms with van der Waals surface area (Å²) in [6, 6.07) is 8.26. The zero-order chi connectivity index (χ0) is 17.9. The van der Waals surface area contributed by atoms with E-state index in [2.05, 4.69) is 21.2 Å². The van der Waals surface area contributed by atoms with Gasteiger partial charge >= 0.3 is 0 Å². The number of nitrogens with zero attached hydrogens (tertiary/aromatic N) is 1. The van der Waals surface area contributed by atoms with E-state index in [0.717, 1.165) is 11.0 Å². The number of hydrogen-bond acceptors (Lipinski definition) is 2. The monoisotopic (exact) mass is 400 g/mol. The number of hydrogen-bond donors (Lipinski definition) is 1. The maximum Gasteiger partial charge on any atom is 0.255 e. The van der Waals surface area contributed by atoms with Crippen molar-refractivity contribution >= 4 is 33.4 Å². The van der Waals surface area contributed by atoms with E-state index in [0.29, 0.717) is 16.1 Å². The molecular weight excluding hydrogens is 389 g/mol. The van der Waals surface area contributed by atoms with Crippen LogP contribution in [0.3, 0.4) is 0 Å². The second kappa shape index (κ2) is 7.48. The molecule has 8 heteroatoms. The Labute approximate surface area is 144 Å². The third-order valence-corrected chi connectivity index (χ3v) is 3.83. The zero-order valence-corrected chi connectivity index (χ0v) is 14.0. The minimum absolute atomic E-state index is 0.354. The molecule has 1 N–H and O–H groups in total. The van der Waals surface area contributed by atoms with Gasteiger partial charge in [0.05, 0.1) is 17.8 Å². The minimum Gasteiger partial charge on any atom is -0.332 e. The lowest BCUT2D eigenvalue weighted by atomic mass is 10.2. The van der Waals surface area contributed by atoms with Crippen molar-refractivity contribution in [3.05, 3.63) is 63.9 Å². The van der Waals surface area contributed by atoms with Crippen LogP contribution in [0.5, 0.6) is 0 Å². The molecule has 4 nitrogen and oxygen atoms in total. The van der Waals surface area contributed by atoms with E-state index in [1.165, 1.54) is 7.05 Å². The van der Waals surface area contributed by atoms with Crippen LogP contribution in [0.2, 0.25) is 0 Å². The zero-order valence-electron chi connectivity index (χ0n) is 12.4. The van der Waals surface area contributed by atoms with Crippen molar-refractivity contribution in [2.24, 2.45) is 0 Å². The quantitative estimate of drug-likeness (QED) is 0.797. The molecule has 0 aliphatic rings. The molecule has 0 aliphatic heterocycles. The smallest absolute Gasteiger partial charge is 0.255 e. The highest BCUT2D eigenvalue weighted by Crippen LogP contribution is 2.20. The van der Waals surface area contributed by atoms with Gasteiger partial charge in [0.2, 0.25) is 5.91 Å². The van der Waals surface area contributed by atoms with E-state index in [4.69, 9.17) is 0 Å². The number of amides is 2. The molecule has 0 saturated heterocycles. The summed E-state index contributed by atoms with van der Waals surface area (Å²) in [5.41, 5.74) is -0.146. The maximum atomic E-state index is 13.5. The molecule has 0 fully saturated rings. The van der Waals surface area contributed by atoms with Gasteiger partial charge in [-0.2, -0.15) is 0 Å². The van der Waals surface area contributed by atoms with Gasteiger partial charge < -0.3 is 10.2 Å². The number of nitrogens with one attached hydrogen (secondary N) is 1. The summed E-state index contributed by atoms with van der Waals surface area (Å²) in [6.45, 7) is -0.390. The molecule has 0 spiro atoms. The molecule has 0 bridgehead atoms. The van der Waals surface area contributed by atoms with Crippen LogP contribution >= 0.6 is 15.9 Å². The van der Waals surface area contributed by atoms with E-state index in [1.807, 2.05) is 0 Å². The predicted octanol–water partition coefficient (Wildman–Crippen LogP) is 3.58. The molecule has 0 unspecified atom stereocenters. The number of benzene rings is 2. The first-order valence-corrected chi connectivity index (χ1v) is 7.54. The number of carbonyl (C=O) groups excluding carboxylic acids is 2. The van der Waals surface area contributed by atoms with Crippen molar-refractivity contribution in [2.75, 3.05) is 18.9 Å². The lowest BCUT2D eigenvalue weighted by Crippen LogP contribution is -2.35. The summed E-state index contributed by atoms with van der Waals surface area (Å²) >= 11 is 3.23. The van der Waals surface area contributed by atoms with Gasteiger partial charge in [-0.1, -0.05) is 12.1 Å². The fourth-order valence-electron chi connectivity index (χ4n) is 1.94. The SMILES string of the molecule is CN(CC(=O)Nc1ccc(F)c(F)c1F)C(=O)c1ccccc1Br. The predicted molar refractivity (Wildman–Crippen MR) is 86.0 cm³/mol. The molecule has 24 heavy (non-hydrogen) atoms. The van der Waals surface area contributed by atoms with Crippen LogP contribution in [-0.4, -0.2) is 30.3 Å². The molecule has 0 saturated carbocycles. The lowest BCUT2D eigenvalue weighted by Gasteiger charge is -2.17. The Morgan fingerprint density at radius 3 is 2.42 bits per heavy atom. The molecule has 0 aliphatic carbocycles. The van der Waals surface area contributed by atoms with Crippen molar-refractivity contribution in [1.82, 2.24) is 4.90 Å². The van der Waals surface area contributed by atoms with E-state index < -0.39 is 41.5 Å². The largest absolute Gasteiger partial charge is 0.332 e. The number of halogens is 4. The number of rotatable bonds is 4. The molecule has 2 aromatic carbocycles. The fourth-order valence-corrected chi connectivity index (χ4v) is 2.39. The summed E-state index contributed by atoms with van der Waals surface area (Å²) in [5.74, 6) is -5.70. The number of anilines is 1. The Kier molecular flexibility index (Phi) is 5.61. The first kappa shape index (κ1) is 18.0. The summed E-state index contributed by atoms with van der Waals surface area (Å²) in [6.07, 6.45) is 0. The third kappa shape index (κ3) is 3.94. The molecule has 0 aromatic heterocycles. The standard InChI is InChI=1S/C16H12BrF3N2O2/c1-22(16(24)9-4-2-3-5-10(9)17)8-13(23)21-12-7-6-11(18)14(19)15(12)20/h2-7H,8H2,1H3,(H,21,23). The molecule has 0 radical (unpaired) electrons. The highest BCUT2D eigenvalue weighted by atomic mass is 79.9. The Bertz CT molecular complexity index is 799. The van der Waals surface area contributed by atoms with Crippen molar-refractivity contribution in [3.63, 3.8) is 0 Å². The second-order valence-electron chi connectivity index (χ2n) is 4.91. The van der Waals surface area contributed by atoms with Gasteiger partial charge in [0.25, 0.3) is 5.91 Å². The Morgan fingerprint density at radius 1 is 1.08 bits per heavy atom. The molecule has 2 amide bonds. The first-order chi connectivity index (χ1) is 11.3. The summed E-state index contributed by atoms with van der Waals surface area (Å²) in [5, 5.41) is 2.10. The molecule has 2 rings (SSSR count). The Morgan fingerprint density at radius 2 is 1.75 bits per heavy atom. The highest BCUT2D eigenvalue weighted by molar-refractivity contribution is 9.10. The Hall–Kier alpha value is -2.35. The first-order valence-electron chi connectivity index (χ1n) is 6.74. The molecule has 2 aromatic rings. The van der Waals surface area contributed by atoms with Crippen molar-refractivity contribution in [2.45, 2.75) is 0 Å². The summed E-state index contributed by atoms with van der Waals surface area (Å²) in [4.78, 5) is 25.3. The van der Waals surface area contributed by atoms with E-state index in [-0.39, 0.29) is 0 Å². The lowest BCUT2D eigenvalue weighted by molar-refractivity contribution is -0.116. The van der Waals surface area contributed by atoms with Crippen LogP contribution in [0.15, 0.2) is 40.9 Å². The van der Waals surface area contributed by atoms with Gasteiger partial charge in [0.1, 0.15) is 0 Å². The molecule has 0 heterocycles. The van der Waals surface area contributed by atoms with Crippen LogP contribution in [-0.2, 0) is 4.79 Å². The van der Waals surface area contributed by atoms with Crippen molar-refractivity contribution in [3.8, 4) is 0 Å². The summed E-state index contributed by atoms with van der Waals surface area (Å²) < 4.78 is 40.1. The van der Waals surface area contributed by atoms with Crippen LogP contribution in [0.4, 0.5) is 18.9 Å².